The lowest BCUT2D eigenvalue weighted by molar-refractivity contribution is 0.0826. The van der Waals surface area contributed by atoms with Gasteiger partial charge in [0.15, 0.2) is 0 Å². The van der Waals surface area contributed by atoms with Crippen molar-refractivity contribution >= 4 is 5.91 Å². The molecule has 0 saturated carbocycles. The van der Waals surface area contributed by atoms with Crippen molar-refractivity contribution in [3.63, 3.8) is 0 Å². The molecule has 0 aliphatic rings. The molecule has 2 rings (SSSR count). The summed E-state index contributed by atoms with van der Waals surface area (Å²) in [5.41, 5.74) is 4.84. The van der Waals surface area contributed by atoms with Crippen LogP contribution in [0.25, 0.3) is 0 Å². The highest BCUT2D eigenvalue weighted by molar-refractivity contribution is 5.97. The Bertz CT molecular complexity index is 702. The number of rotatable bonds is 6. The first-order chi connectivity index (χ1) is 11.5. The standard InChI is InChI=1S/C20H25NO3/c1-13-9-14(2)19(15(3)10-13)20(22)21-12-18(24-5)16-7-6-8-17(11-16)23-4/h6-11,18H,12H2,1-5H3,(H,21,22). The molecule has 2 aromatic carbocycles. The lowest BCUT2D eigenvalue weighted by Gasteiger charge is -2.18. The Morgan fingerprint density at radius 2 is 1.75 bits per heavy atom. The molecule has 0 aliphatic carbocycles. The van der Waals surface area contributed by atoms with E-state index in [-0.39, 0.29) is 12.0 Å². The molecule has 1 unspecified atom stereocenters. The lowest BCUT2D eigenvalue weighted by Crippen LogP contribution is -2.30. The monoisotopic (exact) mass is 327 g/mol. The molecule has 0 radical (unpaired) electrons. The predicted molar refractivity (Wildman–Crippen MR) is 95.7 cm³/mol. The molecule has 0 fully saturated rings. The zero-order valence-electron chi connectivity index (χ0n) is 15.0. The third-order valence-corrected chi connectivity index (χ3v) is 4.10. The van der Waals surface area contributed by atoms with Gasteiger partial charge in [-0.25, -0.2) is 0 Å². The minimum absolute atomic E-state index is 0.0741. The second kappa shape index (κ2) is 7.97. The van der Waals surface area contributed by atoms with Gasteiger partial charge in [-0.2, -0.15) is 0 Å². The molecule has 4 nitrogen and oxygen atoms in total. The Morgan fingerprint density at radius 3 is 2.33 bits per heavy atom. The summed E-state index contributed by atoms with van der Waals surface area (Å²) in [6, 6.07) is 11.7. The number of ether oxygens (including phenoxy) is 2. The fraction of sp³-hybridized carbons (Fsp3) is 0.350. The van der Waals surface area contributed by atoms with E-state index in [9.17, 15) is 4.79 Å². The second-order valence-corrected chi connectivity index (χ2v) is 5.98. The maximum atomic E-state index is 12.6. The van der Waals surface area contributed by atoms with Gasteiger partial charge in [-0.3, -0.25) is 4.79 Å². The maximum absolute atomic E-state index is 12.6. The minimum Gasteiger partial charge on any atom is -0.497 e. The number of carbonyl (C=O) groups excluding carboxylic acids is 1. The van der Waals surface area contributed by atoms with E-state index in [4.69, 9.17) is 9.47 Å². The molecule has 128 valence electrons. The Kier molecular flexibility index (Phi) is 5.99. The van der Waals surface area contributed by atoms with Crippen molar-refractivity contribution in [2.24, 2.45) is 0 Å². The van der Waals surface area contributed by atoms with E-state index in [1.807, 2.05) is 57.2 Å². The van der Waals surface area contributed by atoms with Crippen LogP contribution >= 0.6 is 0 Å². The molecular formula is C20H25NO3. The predicted octanol–water partition coefficient (Wildman–Crippen LogP) is 3.74. The fourth-order valence-corrected chi connectivity index (χ4v) is 2.99. The van der Waals surface area contributed by atoms with Crippen LogP contribution in [0, 0.1) is 20.8 Å². The molecule has 1 amide bonds. The first-order valence-corrected chi connectivity index (χ1v) is 7.99. The lowest BCUT2D eigenvalue weighted by atomic mass is 9.99. The number of carbonyl (C=O) groups is 1. The minimum atomic E-state index is -0.227. The third-order valence-electron chi connectivity index (χ3n) is 4.10. The van der Waals surface area contributed by atoms with Gasteiger partial charge >= 0.3 is 0 Å². The summed E-state index contributed by atoms with van der Waals surface area (Å²) in [5.74, 6) is 0.695. The van der Waals surface area contributed by atoms with Crippen LogP contribution in [0.1, 0.15) is 38.7 Å². The van der Waals surface area contributed by atoms with Gasteiger partial charge in [-0.05, 0) is 49.6 Å². The van der Waals surface area contributed by atoms with E-state index in [1.54, 1.807) is 14.2 Å². The summed E-state index contributed by atoms with van der Waals surface area (Å²) in [5, 5.41) is 2.98. The summed E-state index contributed by atoms with van der Waals surface area (Å²) >= 11 is 0. The van der Waals surface area contributed by atoms with Crippen LogP contribution in [0.5, 0.6) is 5.75 Å². The van der Waals surface area contributed by atoms with Crippen molar-refractivity contribution in [3.05, 3.63) is 64.2 Å². The Hall–Kier alpha value is -2.33. The molecular weight excluding hydrogens is 302 g/mol. The van der Waals surface area contributed by atoms with E-state index in [2.05, 4.69) is 5.32 Å². The van der Waals surface area contributed by atoms with Crippen molar-refractivity contribution in [1.82, 2.24) is 5.32 Å². The van der Waals surface area contributed by atoms with Crippen molar-refractivity contribution in [1.29, 1.82) is 0 Å². The summed E-state index contributed by atoms with van der Waals surface area (Å²) in [7, 11) is 3.27. The van der Waals surface area contributed by atoms with Crippen molar-refractivity contribution in [3.8, 4) is 5.75 Å². The average Bonchev–Trinajstić information content (AvgIpc) is 2.54. The van der Waals surface area contributed by atoms with Crippen LogP contribution in [0.4, 0.5) is 0 Å². The first-order valence-electron chi connectivity index (χ1n) is 7.99. The zero-order valence-corrected chi connectivity index (χ0v) is 15.0. The highest BCUT2D eigenvalue weighted by Gasteiger charge is 2.16. The van der Waals surface area contributed by atoms with Crippen molar-refractivity contribution in [2.75, 3.05) is 20.8 Å². The second-order valence-electron chi connectivity index (χ2n) is 5.98. The number of nitrogens with one attached hydrogen (secondary N) is 1. The molecule has 0 aromatic heterocycles. The van der Waals surface area contributed by atoms with E-state index in [1.165, 1.54) is 0 Å². The summed E-state index contributed by atoms with van der Waals surface area (Å²) in [4.78, 5) is 12.6. The van der Waals surface area contributed by atoms with E-state index in [0.29, 0.717) is 6.54 Å². The SMILES string of the molecule is COc1cccc(C(CNC(=O)c2c(C)cc(C)cc2C)OC)c1. The first kappa shape index (κ1) is 18.0. The number of amides is 1. The molecule has 1 atom stereocenters. The molecule has 1 N–H and O–H groups in total. The Morgan fingerprint density at radius 1 is 1.08 bits per heavy atom. The average molecular weight is 327 g/mol. The highest BCUT2D eigenvalue weighted by atomic mass is 16.5. The van der Waals surface area contributed by atoms with Crippen LogP contribution < -0.4 is 10.1 Å². The number of hydrogen-bond donors (Lipinski definition) is 1. The van der Waals surface area contributed by atoms with Gasteiger partial charge in [0, 0.05) is 19.2 Å². The van der Waals surface area contributed by atoms with Gasteiger partial charge in [0.1, 0.15) is 5.75 Å². The molecule has 0 bridgehead atoms. The quantitative estimate of drug-likeness (QED) is 0.879. The molecule has 0 aliphatic heterocycles. The summed E-state index contributed by atoms with van der Waals surface area (Å²) in [6.07, 6.45) is -0.227. The topological polar surface area (TPSA) is 47.6 Å². The number of hydrogen-bond acceptors (Lipinski definition) is 3. The molecule has 0 spiro atoms. The van der Waals surface area contributed by atoms with Gasteiger partial charge in [0.2, 0.25) is 0 Å². The van der Waals surface area contributed by atoms with Gasteiger partial charge in [0.25, 0.3) is 5.91 Å². The van der Waals surface area contributed by atoms with Crippen molar-refractivity contribution in [2.45, 2.75) is 26.9 Å². The summed E-state index contributed by atoms with van der Waals surface area (Å²) < 4.78 is 10.8. The number of benzene rings is 2. The molecule has 0 heterocycles. The van der Waals surface area contributed by atoms with Crippen LogP contribution in [0.2, 0.25) is 0 Å². The van der Waals surface area contributed by atoms with Gasteiger partial charge < -0.3 is 14.8 Å². The smallest absolute Gasteiger partial charge is 0.251 e. The third kappa shape index (κ3) is 4.15. The van der Waals surface area contributed by atoms with Gasteiger partial charge in [-0.15, -0.1) is 0 Å². The van der Waals surface area contributed by atoms with E-state index in [0.717, 1.165) is 33.6 Å². The largest absolute Gasteiger partial charge is 0.497 e. The highest BCUT2D eigenvalue weighted by Crippen LogP contribution is 2.22. The fourth-order valence-electron chi connectivity index (χ4n) is 2.99. The van der Waals surface area contributed by atoms with E-state index < -0.39 is 0 Å². The Labute approximate surface area is 143 Å². The zero-order chi connectivity index (χ0) is 17.7. The van der Waals surface area contributed by atoms with Crippen LogP contribution in [0.15, 0.2) is 36.4 Å². The van der Waals surface area contributed by atoms with Crippen molar-refractivity contribution < 1.29 is 14.3 Å². The van der Waals surface area contributed by atoms with E-state index >= 15 is 0 Å². The maximum Gasteiger partial charge on any atom is 0.251 e. The normalized spacial score (nSPS) is 11.9. The summed E-state index contributed by atoms with van der Waals surface area (Å²) in [6.45, 7) is 6.36. The molecule has 24 heavy (non-hydrogen) atoms. The number of aryl methyl sites for hydroxylation is 3. The van der Waals surface area contributed by atoms with Crippen LogP contribution in [0.3, 0.4) is 0 Å². The van der Waals surface area contributed by atoms with Gasteiger partial charge in [0.05, 0.1) is 13.2 Å². The van der Waals surface area contributed by atoms with Gasteiger partial charge in [-0.1, -0.05) is 29.8 Å². The molecule has 2 aromatic rings. The number of methoxy groups -OCH3 is 2. The molecule has 0 saturated heterocycles. The Balaban J connectivity index is 2.12. The van der Waals surface area contributed by atoms with Crippen LogP contribution in [-0.4, -0.2) is 26.7 Å². The van der Waals surface area contributed by atoms with Crippen LogP contribution in [-0.2, 0) is 4.74 Å². The molecule has 4 heteroatoms.